The average molecular weight is 743 g/mol. The Morgan fingerprint density at radius 3 is 2.53 bits per heavy atom. The zero-order valence-corrected chi connectivity index (χ0v) is 30.1. The minimum atomic E-state index is -1.34. The number of nitrogen functional groups attached to an aromatic ring is 1. The van der Waals surface area contributed by atoms with Gasteiger partial charge in [-0.3, -0.25) is 14.4 Å². The molecule has 2 saturated heterocycles. The van der Waals surface area contributed by atoms with Gasteiger partial charge in [0.1, 0.15) is 33.7 Å². The highest BCUT2D eigenvalue weighted by atomic mass is 32.2. The highest BCUT2D eigenvalue weighted by Gasteiger charge is 2.57. The van der Waals surface area contributed by atoms with Gasteiger partial charge < -0.3 is 40.7 Å². The zero-order chi connectivity index (χ0) is 36.1. The van der Waals surface area contributed by atoms with E-state index in [9.17, 15) is 29.1 Å². The number of carbonyl (C=O) groups is 5. The first-order valence-corrected chi connectivity index (χ1v) is 17.7. The monoisotopic (exact) mass is 742 g/mol. The van der Waals surface area contributed by atoms with Crippen LogP contribution in [0.3, 0.4) is 0 Å². The summed E-state index contributed by atoms with van der Waals surface area (Å²) in [6.45, 7) is 10.0. The molecule has 0 saturated carbocycles. The first-order chi connectivity index (χ1) is 22.9. The highest BCUT2D eigenvalue weighted by molar-refractivity contribution is 8.00. The molecule has 3 amide bonds. The van der Waals surface area contributed by atoms with E-state index in [4.69, 9.17) is 20.0 Å². The Balaban J connectivity index is 1.35. The van der Waals surface area contributed by atoms with Crippen molar-refractivity contribution < 1.29 is 43.4 Å². The molecule has 49 heavy (non-hydrogen) atoms. The van der Waals surface area contributed by atoms with Crippen molar-refractivity contribution in [3.8, 4) is 0 Å². The number of aliphatic carboxylic acids is 1. The summed E-state index contributed by atoms with van der Waals surface area (Å²) in [5.41, 5.74) is 2.75. The molecule has 4 rings (SSSR count). The predicted molar refractivity (Wildman–Crippen MR) is 178 cm³/mol. The number of oxime groups is 1. The number of carbonyl (C=O) groups excluding carboxylic acids is 4. The van der Waals surface area contributed by atoms with Crippen LogP contribution in [0.2, 0.25) is 0 Å². The summed E-state index contributed by atoms with van der Waals surface area (Å²) in [5, 5.41) is 32.3. The number of carboxylic acid groups (broad SMARTS) is 1. The Hall–Kier alpha value is -4.18. The van der Waals surface area contributed by atoms with E-state index in [1.807, 2.05) is 0 Å². The van der Waals surface area contributed by atoms with Gasteiger partial charge in [-0.1, -0.05) is 16.9 Å². The number of hydrogen-bond acceptors (Lipinski definition) is 17. The first kappa shape index (κ1) is 37.6. The number of alkyl carbamates (subject to hydrolysis) is 1. The Morgan fingerprint density at radius 1 is 1.18 bits per heavy atom. The summed E-state index contributed by atoms with van der Waals surface area (Å²) in [7, 11) is 0. The maximum Gasteiger partial charge on any atom is 0.407 e. The number of rotatable bonds is 13. The van der Waals surface area contributed by atoms with E-state index in [-0.39, 0.29) is 47.7 Å². The van der Waals surface area contributed by atoms with Gasteiger partial charge in [0.05, 0.1) is 6.54 Å². The number of thiazole rings is 1. The molecule has 2 aromatic heterocycles. The minimum absolute atomic E-state index is 0.0414. The number of carboxylic acids is 1. The van der Waals surface area contributed by atoms with Crippen LogP contribution in [0.25, 0.3) is 0 Å². The number of nitrogens with one attached hydrogen (secondary N) is 2. The third-order valence-corrected chi connectivity index (χ3v) is 10.1. The number of thioether (sulfide) groups is 2. The Morgan fingerprint density at radius 2 is 1.90 bits per heavy atom. The van der Waals surface area contributed by atoms with E-state index in [0.29, 0.717) is 5.16 Å². The summed E-state index contributed by atoms with van der Waals surface area (Å²) in [6.07, 6.45) is -0.593. The smallest absolute Gasteiger partial charge is 0.407 e. The number of aromatic nitrogens is 5. The first-order valence-electron chi connectivity index (χ1n) is 14.8. The van der Waals surface area contributed by atoms with Gasteiger partial charge in [-0.15, -0.1) is 28.2 Å². The number of esters is 1. The van der Waals surface area contributed by atoms with Crippen LogP contribution < -0.4 is 16.4 Å². The molecule has 3 atom stereocenters. The molecule has 4 heterocycles. The number of ether oxygens (including phenoxy) is 2. The lowest BCUT2D eigenvalue weighted by Gasteiger charge is -2.53. The maximum atomic E-state index is 13.3. The lowest BCUT2D eigenvalue weighted by atomic mass is 9.89. The number of nitrogens with zero attached hydrogens (tertiary/aromatic N) is 7. The molecule has 2 unspecified atom stereocenters. The van der Waals surface area contributed by atoms with Gasteiger partial charge >= 0.3 is 18.0 Å². The fourth-order valence-corrected chi connectivity index (χ4v) is 7.77. The number of anilines is 1. The van der Waals surface area contributed by atoms with E-state index < -0.39 is 64.5 Å². The van der Waals surface area contributed by atoms with Gasteiger partial charge in [-0.2, -0.15) is 0 Å². The van der Waals surface area contributed by atoms with Crippen molar-refractivity contribution in [2.24, 2.45) is 10.6 Å². The lowest BCUT2D eigenvalue weighted by molar-refractivity contribution is -0.160. The van der Waals surface area contributed by atoms with Crippen LogP contribution in [0.4, 0.5) is 9.93 Å². The molecule has 2 aliphatic heterocycles. The van der Waals surface area contributed by atoms with Crippen LogP contribution in [-0.2, 0) is 40.0 Å². The fourth-order valence-electron chi connectivity index (χ4n) is 4.46. The SMILES string of the molecule is CC(C)(C)OC(=O)CON=C(C(=O)NC1C(=O)N2CC(CSc3nnnn3CCNC(=O)OC(C)(C)C)(C(=O)O)CS[C@H]12)c1csc(N)n1. The highest BCUT2D eigenvalue weighted by Crippen LogP contribution is 2.44. The number of tetrazole rings is 1. The van der Waals surface area contributed by atoms with Crippen molar-refractivity contribution >= 4 is 75.6 Å². The summed E-state index contributed by atoms with van der Waals surface area (Å²) < 4.78 is 11.8. The number of hydrogen-bond donors (Lipinski definition) is 4. The van der Waals surface area contributed by atoms with Crippen LogP contribution in [0.15, 0.2) is 15.7 Å². The zero-order valence-electron chi connectivity index (χ0n) is 27.6. The molecule has 0 aliphatic carbocycles. The van der Waals surface area contributed by atoms with Crippen molar-refractivity contribution in [3.05, 3.63) is 11.1 Å². The molecular formula is C27H38N10O9S3. The average Bonchev–Trinajstić information content (AvgIpc) is 3.63. The molecule has 268 valence electrons. The summed E-state index contributed by atoms with van der Waals surface area (Å²) in [5.74, 6) is -2.92. The van der Waals surface area contributed by atoms with Crippen molar-refractivity contribution in [1.82, 2.24) is 40.7 Å². The summed E-state index contributed by atoms with van der Waals surface area (Å²) in [4.78, 5) is 73.7. The van der Waals surface area contributed by atoms with Crippen LogP contribution in [0, 0.1) is 5.41 Å². The van der Waals surface area contributed by atoms with E-state index in [2.05, 4.69) is 36.3 Å². The quantitative estimate of drug-likeness (QED) is 0.0719. The molecule has 19 nitrogen and oxygen atoms in total. The van der Waals surface area contributed by atoms with E-state index in [1.54, 1.807) is 41.5 Å². The molecule has 0 bridgehead atoms. The lowest BCUT2D eigenvalue weighted by Crippen LogP contribution is -2.74. The Kier molecular flexibility index (Phi) is 11.6. The minimum Gasteiger partial charge on any atom is -0.481 e. The molecule has 2 aliphatic rings. The molecular weight excluding hydrogens is 705 g/mol. The summed E-state index contributed by atoms with van der Waals surface area (Å²) in [6, 6.07) is -0.978. The van der Waals surface area contributed by atoms with Gasteiger partial charge in [0.25, 0.3) is 5.91 Å². The topological polar surface area (TPSA) is 255 Å². The largest absolute Gasteiger partial charge is 0.481 e. The van der Waals surface area contributed by atoms with Crippen LogP contribution in [-0.4, -0.2) is 125 Å². The van der Waals surface area contributed by atoms with Gasteiger partial charge in [-0.25, -0.2) is 19.3 Å². The van der Waals surface area contributed by atoms with Crippen LogP contribution in [0.1, 0.15) is 47.2 Å². The van der Waals surface area contributed by atoms with Crippen LogP contribution >= 0.6 is 34.9 Å². The van der Waals surface area contributed by atoms with E-state index >= 15 is 0 Å². The number of nitrogens with two attached hydrogens (primary N) is 1. The third kappa shape index (κ3) is 9.94. The van der Waals surface area contributed by atoms with Gasteiger partial charge in [0, 0.05) is 30.0 Å². The standard InChI is InChI=1S/C27H38N10O9S3/c1-25(2,3)45-15(38)9-44-33-16(14-10-47-22(28)30-14)18(39)31-17-19(40)36-11-27(21(41)42,12-48-20(17)36)13-49-23-32-34-35-37(23)8-7-29-24(43)46-26(4,5)6/h10,17,20H,7-9,11-13H2,1-6H3,(H2,28,30)(H,29,43)(H,31,39)(H,41,42)/t17?,20-,27?/m1/s1. The van der Waals surface area contributed by atoms with Crippen LogP contribution in [0.5, 0.6) is 0 Å². The van der Waals surface area contributed by atoms with Crippen molar-refractivity contribution in [3.63, 3.8) is 0 Å². The van der Waals surface area contributed by atoms with Crippen molar-refractivity contribution in [1.29, 1.82) is 0 Å². The maximum absolute atomic E-state index is 13.3. The second kappa shape index (κ2) is 15.2. The van der Waals surface area contributed by atoms with Gasteiger partial charge in [0.2, 0.25) is 17.7 Å². The second-order valence-corrected chi connectivity index (χ2v) is 15.9. The molecule has 5 N–H and O–H groups in total. The molecule has 2 aromatic rings. The van der Waals surface area contributed by atoms with E-state index in [1.165, 1.54) is 26.7 Å². The van der Waals surface area contributed by atoms with Gasteiger partial charge in [0.15, 0.2) is 10.8 Å². The number of fused-ring (bicyclic) bond motifs is 1. The summed E-state index contributed by atoms with van der Waals surface area (Å²) >= 11 is 3.38. The predicted octanol–water partition coefficient (Wildman–Crippen LogP) is 0.562. The Bertz CT molecular complexity index is 1600. The molecule has 22 heteroatoms. The Labute approximate surface area is 293 Å². The number of β-lactam (4-membered cyclic amide) rings is 1. The fraction of sp³-hybridized carbons (Fsp3) is 0.630. The van der Waals surface area contributed by atoms with E-state index in [0.717, 1.165) is 23.1 Å². The molecule has 0 radical (unpaired) electrons. The normalized spacial score (nSPS) is 20.9. The van der Waals surface area contributed by atoms with Gasteiger partial charge in [-0.05, 0) is 52.0 Å². The van der Waals surface area contributed by atoms with Crippen molar-refractivity contribution in [2.45, 2.75) is 75.9 Å². The third-order valence-electron chi connectivity index (χ3n) is 6.59. The molecule has 2 fully saturated rings. The van der Waals surface area contributed by atoms with Crippen molar-refractivity contribution in [2.75, 3.05) is 36.9 Å². The molecule has 0 aromatic carbocycles. The molecule has 0 spiro atoms. The number of amides is 3. The second-order valence-electron chi connectivity index (χ2n) is 13.0.